The summed E-state index contributed by atoms with van der Waals surface area (Å²) in [5.41, 5.74) is -1.22. The van der Waals surface area contributed by atoms with Crippen LogP contribution in [0.5, 0.6) is 5.75 Å². The summed E-state index contributed by atoms with van der Waals surface area (Å²) in [5, 5.41) is 18.3. The Balaban J connectivity index is 1.56. The minimum Gasteiger partial charge on any atom is -0.402 e. The maximum absolute atomic E-state index is 13.4. The number of nitrogens with zero attached hydrogens (tertiary/aromatic N) is 7. The molecule has 1 aliphatic rings. The Morgan fingerprint density at radius 1 is 1.13 bits per heavy atom. The average Bonchev–Trinajstić information content (AvgIpc) is 3.51. The van der Waals surface area contributed by atoms with E-state index in [0.29, 0.717) is 33.9 Å². The molecule has 5 rings (SSSR count). The Hall–Kier alpha value is -4.29. The van der Waals surface area contributed by atoms with Gasteiger partial charge < -0.3 is 14.6 Å². The number of benzene rings is 1. The number of carbonyl (C=O) groups excluding carboxylic acids is 1. The molecule has 1 atom stereocenters. The molecule has 4 aromatic rings. The van der Waals surface area contributed by atoms with Crippen LogP contribution in [-0.4, -0.2) is 76.8 Å². The highest BCUT2D eigenvalue weighted by Gasteiger charge is 2.40. The van der Waals surface area contributed by atoms with Crippen molar-refractivity contribution in [3.63, 3.8) is 0 Å². The molecule has 3 aromatic heterocycles. The maximum atomic E-state index is 13.4. The molecule has 19 heteroatoms. The van der Waals surface area contributed by atoms with Crippen LogP contribution in [0.3, 0.4) is 0 Å². The van der Waals surface area contributed by atoms with Crippen LogP contribution in [-0.2, 0) is 17.8 Å². The largest absolute Gasteiger partial charge is 0.573 e. The third-order valence-corrected chi connectivity index (χ3v) is 7.24. The van der Waals surface area contributed by atoms with Crippen LogP contribution in [0.25, 0.3) is 17.2 Å². The monoisotopic (exact) mass is 675 g/mol. The van der Waals surface area contributed by atoms with Crippen molar-refractivity contribution >= 4 is 17.4 Å². The molecule has 0 aliphatic carbocycles. The predicted molar refractivity (Wildman–Crippen MR) is 146 cm³/mol. The molecule has 0 amide bonds. The van der Waals surface area contributed by atoms with E-state index in [1.807, 2.05) is 6.92 Å². The Kier molecular flexibility index (Phi) is 8.98. The highest BCUT2D eigenvalue weighted by molar-refractivity contribution is 6.30. The van der Waals surface area contributed by atoms with Crippen molar-refractivity contribution in [2.75, 3.05) is 13.2 Å². The average molecular weight is 676 g/mol. The Morgan fingerprint density at radius 3 is 2.43 bits per heavy atom. The van der Waals surface area contributed by atoms with Crippen molar-refractivity contribution in [2.45, 2.75) is 51.5 Å². The second kappa shape index (κ2) is 12.5. The van der Waals surface area contributed by atoms with E-state index in [-0.39, 0.29) is 29.0 Å². The fourth-order valence-corrected chi connectivity index (χ4v) is 4.67. The molecule has 1 aliphatic heterocycles. The lowest BCUT2D eigenvalue weighted by atomic mass is 9.83. The molecular formula is C27H24ClF6N7O5. The number of ketones is 1. The number of ether oxygens (including phenoxy) is 2. The smallest absolute Gasteiger partial charge is 0.402 e. The number of hydrogen-bond acceptors (Lipinski definition) is 9. The summed E-state index contributed by atoms with van der Waals surface area (Å²) in [6.45, 7) is 0.875. The molecule has 1 N–H and O–H groups in total. The molecule has 246 valence electrons. The number of hydrogen-bond donors (Lipinski definition) is 1. The zero-order chi connectivity index (χ0) is 33.4. The molecule has 12 nitrogen and oxygen atoms in total. The van der Waals surface area contributed by atoms with Crippen molar-refractivity contribution < 1.29 is 45.7 Å². The van der Waals surface area contributed by atoms with E-state index in [0.717, 1.165) is 16.9 Å². The van der Waals surface area contributed by atoms with Crippen LogP contribution in [0.4, 0.5) is 26.3 Å². The zero-order valence-electron chi connectivity index (χ0n) is 23.7. The molecule has 0 radical (unpaired) electrons. The van der Waals surface area contributed by atoms with Crippen LogP contribution in [0.15, 0.2) is 47.4 Å². The van der Waals surface area contributed by atoms with E-state index in [1.165, 1.54) is 30.3 Å². The van der Waals surface area contributed by atoms with Crippen LogP contribution < -0.4 is 10.4 Å². The summed E-state index contributed by atoms with van der Waals surface area (Å²) in [6.07, 6.45) is -11.7. The fraction of sp³-hybridized carbons (Fsp3) is 0.407. The topological polar surface area (TPSA) is 139 Å². The summed E-state index contributed by atoms with van der Waals surface area (Å²) >= 11 is 5.91. The van der Waals surface area contributed by atoms with Gasteiger partial charge in [-0.25, -0.2) is 19.4 Å². The first kappa shape index (κ1) is 33.1. The molecule has 0 spiro atoms. The fourth-order valence-electron chi connectivity index (χ4n) is 4.55. The van der Waals surface area contributed by atoms with Gasteiger partial charge in [-0.15, -0.1) is 23.4 Å². The van der Waals surface area contributed by atoms with E-state index < -0.39 is 60.6 Å². The van der Waals surface area contributed by atoms with E-state index in [9.17, 15) is 41.0 Å². The van der Waals surface area contributed by atoms with E-state index in [4.69, 9.17) is 16.3 Å². The highest BCUT2D eigenvalue weighted by atomic mass is 35.5. The Bertz CT molecular complexity index is 1780. The van der Waals surface area contributed by atoms with Gasteiger partial charge in [-0.2, -0.15) is 17.9 Å². The number of rotatable bonds is 11. The van der Waals surface area contributed by atoms with Crippen molar-refractivity contribution in [1.29, 1.82) is 0 Å². The standard InChI is InChI=1S/C27H24ClF6N7O5/c1-25(13-45-14-25)9-8-17(42)22-36-20(37-41(22)23-18(3-2-10-35-23)46-27(32,33)34)12-40-24(44)39(11-19(43)26(29,30)31)21(38-40)15-4-6-16(28)7-5-15/h2-7,10,19,43H,8-9,11-14H2,1H3/t19-/m0/s1. The molecule has 0 saturated carbocycles. The van der Waals surface area contributed by atoms with E-state index >= 15 is 0 Å². The van der Waals surface area contributed by atoms with E-state index in [2.05, 4.69) is 24.9 Å². The lowest BCUT2D eigenvalue weighted by Gasteiger charge is -2.37. The van der Waals surface area contributed by atoms with Gasteiger partial charge in [-0.3, -0.25) is 9.36 Å². The summed E-state index contributed by atoms with van der Waals surface area (Å²) in [6, 6.07) is 7.73. The van der Waals surface area contributed by atoms with Crippen LogP contribution in [0.1, 0.15) is 36.2 Å². The summed E-state index contributed by atoms with van der Waals surface area (Å²) in [4.78, 5) is 34.7. The first-order valence-electron chi connectivity index (χ1n) is 13.5. The summed E-state index contributed by atoms with van der Waals surface area (Å²) in [5.74, 6) is -2.95. The quantitative estimate of drug-likeness (QED) is 0.183. The number of Topliss-reactive ketones (excluding diaryl/α,β-unsaturated/α-hetero) is 1. The summed E-state index contributed by atoms with van der Waals surface area (Å²) in [7, 11) is 0. The first-order chi connectivity index (χ1) is 21.5. The zero-order valence-corrected chi connectivity index (χ0v) is 24.5. The maximum Gasteiger partial charge on any atom is 0.573 e. The highest BCUT2D eigenvalue weighted by Crippen LogP contribution is 2.33. The van der Waals surface area contributed by atoms with E-state index in [1.54, 1.807) is 0 Å². The van der Waals surface area contributed by atoms with Gasteiger partial charge in [0.1, 0.15) is 6.54 Å². The van der Waals surface area contributed by atoms with Gasteiger partial charge in [0.25, 0.3) is 0 Å². The van der Waals surface area contributed by atoms with Gasteiger partial charge in [-0.1, -0.05) is 18.5 Å². The number of aliphatic hydroxyl groups excluding tert-OH is 1. The SMILES string of the molecule is CC1(CCC(=O)c2nc(Cn3nc(-c4ccc(Cl)cc4)n(C[C@H](O)C(F)(F)F)c3=O)nn2-c2ncccc2OC(F)(F)F)COC1. The van der Waals surface area contributed by atoms with Crippen LogP contribution in [0.2, 0.25) is 5.02 Å². The summed E-state index contributed by atoms with van der Waals surface area (Å²) < 4.78 is 90.5. The number of halogens is 7. The molecular weight excluding hydrogens is 652 g/mol. The van der Waals surface area contributed by atoms with Crippen LogP contribution >= 0.6 is 11.6 Å². The molecule has 0 unspecified atom stereocenters. The third kappa shape index (κ3) is 7.39. The number of alkyl halides is 6. The van der Waals surface area contributed by atoms with Gasteiger partial charge in [0.2, 0.25) is 5.82 Å². The van der Waals surface area contributed by atoms with Gasteiger partial charge in [0.05, 0.1) is 19.8 Å². The van der Waals surface area contributed by atoms with Crippen molar-refractivity contribution in [1.82, 2.24) is 34.1 Å². The third-order valence-electron chi connectivity index (χ3n) is 6.98. The number of carbonyl (C=O) groups is 1. The van der Waals surface area contributed by atoms with Crippen molar-refractivity contribution in [2.24, 2.45) is 5.41 Å². The number of pyridine rings is 1. The first-order valence-corrected chi connectivity index (χ1v) is 13.9. The Labute approximate surface area is 260 Å². The second-order valence-electron chi connectivity index (χ2n) is 10.8. The molecule has 4 heterocycles. The van der Waals surface area contributed by atoms with Crippen molar-refractivity contribution in [3.05, 3.63) is 69.8 Å². The Morgan fingerprint density at radius 2 is 1.83 bits per heavy atom. The molecule has 0 bridgehead atoms. The van der Waals surface area contributed by atoms with Gasteiger partial charge in [-0.05, 0) is 42.8 Å². The predicted octanol–water partition coefficient (Wildman–Crippen LogP) is 4.21. The molecule has 1 aromatic carbocycles. The normalized spacial score (nSPS) is 15.4. The molecule has 46 heavy (non-hydrogen) atoms. The lowest BCUT2D eigenvalue weighted by Crippen LogP contribution is -2.40. The minimum atomic E-state index is -5.12. The van der Waals surface area contributed by atoms with Crippen LogP contribution in [0, 0.1) is 5.41 Å². The van der Waals surface area contributed by atoms with Gasteiger partial charge in [0.15, 0.2) is 35.1 Å². The van der Waals surface area contributed by atoms with Crippen molar-refractivity contribution in [3.8, 4) is 23.0 Å². The van der Waals surface area contributed by atoms with Gasteiger partial charge in [0, 0.05) is 28.6 Å². The minimum absolute atomic E-state index is 0.0924. The van der Waals surface area contributed by atoms with Gasteiger partial charge >= 0.3 is 18.2 Å². The second-order valence-corrected chi connectivity index (χ2v) is 11.2. The molecule has 1 fully saturated rings. The lowest BCUT2D eigenvalue weighted by molar-refractivity contribution is -0.274. The number of aromatic nitrogens is 7. The number of aliphatic hydroxyl groups is 1. The molecule has 1 saturated heterocycles.